The lowest BCUT2D eigenvalue weighted by Gasteiger charge is -2.33. The number of rotatable bonds is 4. The summed E-state index contributed by atoms with van der Waals surface area (Å²) < 4.78 is 0. The maximum Gasteiger partial charge on any atom is 0.329 e. The van der Waals surface area contributed by atoms with Gasteiger partial charge in [0.05, 0.1) is 5.69 Å². The molecule has 2 aromatic rings. The summed E-state index contributed by atoms with van der Waals surface area (Å²) in [6.07, 6.45) is 3.63. The van der Waals surface area contributed by atoms with Crippen LogP contribution in [0, 0.1) is 6.92 Å². The van der Waals surface area contributed by atoms with Crippen LogP contribution in [0.5, 0.6) is 0 Å². The van der Waals surface area contributed by atoms with Gasteiger partial charge in [0, 0.05) is 5.56 Å². The summed E-state index contributed by atoms with van der Waals surface area (Å²) in [6.45, 7) is 1.78. The monoisotopic (exact) mass is 344 g/mol. The van der Waals surface area contributed by atoms with Crippen LogP contribution in [0.2, 0.25) is 0 Å². The van der Waals surface area contributed by atoms with Gasteiger partial charge in [0.2, 0.25) is 0 Å². The number of thiazole rings is 1. The number of nitrogens with zero attached hydrogens (tertiary/aromatic N) is 1. The molecule has 0 spiro atoms. The first-order chi connectivity index (χ1) is 11.5. The Hall–Kier alpha value is -2.21. The van der Waals surface area contributed by atoms with E-state index >= 15 is 0 Å². The van der Waals surface area contributed by atoms with Crippen molar-refractivity contribution in [2.45, 2.75) is 44.6 Å². The number of carbonyl (C=O) groups is 2. The molecule has 0 radical (unpaired) electrons. The zero-order chi connectivity index (χ0) is 17.2. The summed E-state index contributed by atoms with van der Waals surface area (Å²) in [6, 6.07) is 9.66. The van der Waals surface area contributed by atoms with Crippen LogP contribution >= 0.6 is 11.3 Å². The molecule has 1 aliphatic carbocycles. The second kappa shape index (κ2) is 6.73. The number of hydrogen-bond donors (Lipinski definition) is 2. The van der Waals surface area contributed by atoms with E-state index in [0.29, 0.717) is 23.4 Å². The predicted octanol–water partition coefficient (Wildman–Crippen LogP) is 3.64. The molecule has 2 N–H and O–H groups in total. The number of benzene rings is 1. The van der Waals surface area contributed by atoms with E-state index in [-0.39, 0.29) is 5.91 Å². The number of aliphatic carboxylic acids is 1. The van der Waals surface area contributed by atoms with Crippen LogP contribution in [0.25, 0.3) is 10.6 Å². The Morgan fingerprint density at radius 2 is 1.83 bits per heavy atom. The maximum atomic E-state index is 12.7. The summed E-state index contributed by atoms with van der Waals surface area (Å²) in [4.78, 5) is 29.4. The number of nitrogens with one attached hydrogen (secondary N) is 1. The van der Waals surface area contributed by atoms with Crippen molar-refractivity contribution >= 4 is 23.2 Å². The van der Waals surface area contributed by atoms with Crippen molar-refractivity contribution in [3.05, 3.63) is 40.9 Å². The van der Waals surface area contributed by atoms with Gasteiger partial charge in [0.1, 0.15) is 15.4 Å². The molecular formula is C18H20N2O3S. The molecule has 0 aliphatic heterocycles. The molecule has 0 saturated heterocycles. The molecule has 1 heterocycles. The van der Waals surface area contributed by atoms with Gasteiger partial charge in [-0.1, -0.05) is 49.6 Å². The van der Waals surface area contributed by atoms with Crippen molar-refractivity contribution in [2.24, 2.45) is 0 Å². The highest BCUT2D eigenvalue weighted by Gasteiger charge is 2.41. The van der Waals surface area contributed by atoms with Crippen LogP contribution in [-0.4, -0.2) is 27.5 Å². The number of carboxylic acids is 1. The summed E-state index contributed by atoms with van der Waals surface area (Å²) in [5.41, 5.74) is 0.446. The number of carboxylic acid groups (broad SMARTS) is 1. The number of aryl methyl sites for hydroxylation is 1. The molecule has 0 bridgehead atoms. The van der Waals surface area contributed by atoms with Crippen molar-refractivity contribution in [2.75, 3.05) is 0 Å². The van der Waals surface area contributed by atoms with Crippen molar-refractivity contribution in [1.29, 1.82) is 0 Å². The normalized spacial score (nSPS) is 16.5. The molecule has 1 aromatic carbocycles. The van der Waals surface area contributed by atoms with E-state index in [4.69, 9.17) is 0 Å². The highest BCUT2D eigenvalue weighted by molar-refractivity contribution is 7.17. The fourth-order valence-corrected chi connectivity index (χ4v) is 4.10. The molecule has 0 unspecified atom stereocenters. The highest BCUT2D eigenvalue weighted by atomic mass is 32.1. The van der Waals surface area contributed by atoms with Gasteiger partial charge in [-0.3, -0.25) is 4.79 Å². The largest absolute Gasteiger partial charge is 0.480 e. The van der Waals surface area contributed by atoms with Gasteiger partial charge in [0.15, 0.2) is 0 Å². The lowest BCUT2D eigenvalue weighted by atomic mass is 9.81. The Kier molecular flexibility index (Phi) is 4.66. The van der Waals surface area contributed by atoms with Gasteiger partial charge < -0.3 is 10.4 Å². The average molecular weight is 344 g/mol. The molecular weight excluding hydrogens is 324 g/mol. The fraction of sp³-hybridized carbons (Fsp3) is 0.389. The Bertz CT molecular complexity index is 749. The summed E-state index contributed by atoms with van der Waals surface area (Å²) in [7, 11) is 0. The van der Waals surface area contributed by atoms with Gasteiger partial charge in [0.25, 0.3) is 5.91 Å². The third kappa shape index (κ3) is 3.19. The predicted molar refractivity (Wildman–Crippen MR) is 93.2 cm³/mol. The van der Waals surface area contributed by atoms with Crippen molar-refractivity contribution < 1.29 is 14.7 Å². The van der Waals surface area contributed by atoms with Crippen molar-refractivity contribution in [1.82, 2.24) is 10.3 Å². The third-order valence-electron chi connectivity index (χ3n) is 4.49. The minimum atomic E-state index is -1.14. The zero-order valence-corrected chi connectivity index (χ0v) is 14.4. The molecule has 5 nitrogen and oxygen atoms in total. The van der Waals surface area contributed by atoms with Crippen LogP contribution in [0.1, 0.15) is 47.5 Å². The molecule has 6 heteroatoms. The lowest BCUT2D eigenvalue weighted by molar-refractivity contribution is -0.145. The van der Waals surface area contributed by atoms with E-state index in [1.807, 2.05) is 30.3 Å². The SMILES string of the molecule is Cc1nc(-c2ccccc2)sc1C(=O)NC1(C(=O)O)CCCCC1. The van der Waals surface area contributed by atoms with Crippen molar-refractivity contribution in [3.8, 4) is 10.6 Å². The van der Waals surface area contributed by atoms with E-state index < -0.39 is 11.5 Å². The van der Waals surface area contributed by atoms with Crippen LogP contribution in [-0.2, 0) is 4.79 Å². The van der Waals surface area contributed by atoms with E-state index in [9.17, 15) is 14.7 Å². The summed E-state index contributed by atoms with van der Waals surface area (Å²) in [5, 5.41) is 13.2. The van der Waals surface area contributed by atoms with Gasteiger partial charge in [-0.05, 0) is 19.8 Å². The van der Waals surface area contributed by atoms with Gasteiger partial charge >= 0.3 is 5.97 Å². The third-order valence-corrected chi connectivity index (χ3v) is 5.70. The average Bonchev–Trinajstić information content (AvgIpc) is 2.98. The van der Waals surface area contributed by atoms with Crippen molar-refractivity contribution in [3.63, 3.8) is 0 Å². The molecule has 24 heavy (non-hydrogen) atoms. The lowest BCUT2D eigenvalue weighted by Crippen LogP contribution is -2.55. The Balaban J connectivity index is 1.85. The molecule has 1 amide bonds. The minimum absolute atomic E-state index is 0.337. The van der Waals surface area contributed by atoms with Crippen LogP contribution in [0.3, 0.4) is 0 Å². The smallest absolute Gasteiger partial charge is 0.329 e. The Labute approximate surface area is 144 Å². The number of carbonyl (C=O) groups excluding carboxylic acids is 1. The zero-order valence-electron chi connectivity index (χ0n) is 13.5. The first-order valence-electron chi connectivity index (χ1n) is 8.11. The van der Waals surface area contributed by atoms with E-state index in [1.165, 1.54) is 11.3 Å². The molecule has 3 rings (SSSR count). The quantitative estimate of drug-likeness (QED) is 0.887. The minimum Gasteiger partial charge on any atom is -0.480 e. The first-order valence-corrected chi connectivity index (χ1v) is 8.92. The van der Waals surface area contributed by atoms with Crippen LogP contribution in [0.15, 0.2) is 30.3 Å². The first kappa shape index (κ1) is 16.6. The molecule has 1 saturated carbocycles. The molecule has 0 atom stereocenters. The standard InChI is InChI=1S/C18H20N2O3S/c1-12-14(24-16(19-12)13-8-4-2-5-9-13)15(21)20-18(17(22)23)10-6-3-7-11-18/h2,4-5,8-9H,3,6-7,10-11H2,1H3,(H,20,21)(H,22,23). The molecule has 1 aromatic heterocycles. The molecule has 1 aliphatic rings. The fourth-order valence-electron chi connectivity index (χ4n) is 3.13. The van der Waals surface area contributed by atoms with E-state index in [2.05, 4.69) is 10.3 Å². The second-order valence-electron chi connectivity index (χ2n) is 6.20. The second-order valence-corrected chi connectivity index (χ2v) is 7.20. The molecule has 1 fully saturated rings. The Morgan fingerprint density at radius 3 is 2.46 bits per heavy atom. The Morgan fingerprint density at radius 1 is 1.17 bits per heavy atom. The van der Waals surface area contributed by atoms with E-state index in [0.717, 1.165) is 29.8 Å². The van der Waals surface area contributed by atoms with Gasteiger partial charge in [-0.2, -0.15) is 0 Å². The van der Waals surface area contributed by atoms with Crippen LogP contribution in [0.4, 0.5) is 0 Å². The van der Waals surface area contributed by atoms with Gasteiger partial charge in [-0.25, -0.2) is 9.78 Å². The summed E-state index contributed by atoms with van der Waals surface area (Å²) in [5.74, 6) is -1.28. The van der Waals surface area contributed by atoms with Gasteiger partial charge in [-0.15, -0.1) is 11.3 Å². The number of amides is 1. The number of hydrogen-bond acceptors (Lipinski definition) is 4. The van der Waals surface area contributed by atoms with Crippen LogP contribution < -0.4 is 5.32 Å². The highest BCUT2D eigenvalue weighted by Crippen LogP contribution is 2.31. The molecule has 126 valence electrons. The van der Waals surface area contributed by atoms with E-state index in [1.54, 1.807) is 6.92 Å². The summed E-state index contributed by atoms with van der Waals surface area (Å²) >= 11 is 1.30. The number of aromatic nitrogens is 1. The topological polar surface area (TPSA) is 79.3 Å². The maximum absolute atomic E-state index is 12.7.